The van der Waals surface area contributed by atoms with E-state index in [0.29, 0.717) is 5.95 Å². The summed E-state index contributed by atoms with van der Waals surface area (Å²) in [7, 11) is 0. The molecule has 5 nitrogen and oxygen atoms in total. The average Bonchev–Trinajstić information content (AvgIpc) is 3.88. The number of aromatic nitrogens is 4. The van der Waals surface area contributed by atoms with Crippen molar-refractivity contribution in [2.24, 2.45) is 0 Å². The molecule has 0 radical (unpaired) electrons. The van der Waals surface area contributed by atoms with Crippen molar-refractivity contribution in [2.75, 3.05) is 0 Å². The minimum atomic E-state index is 0.618. The van der Waals surface area contributed by atoms with E-state index in [-0.39, 0.29) is 0 Å². The van der Waals surface area contributed by atoms with Gasteiger partial charge in [-0.1, -0.05) is 121 Å². The fraction of sp³-hybridized carbons (Fsp3) is 0. The summed E-state index contributed by atoms with van der Waals surface area (Å²) in [5.74, 6) is 0.618. The molecule has 0 atom stereocenters. The molecule has 246 valence electrons. The number of para-hydroxylation sites is 3. The van der Waals surface area contributed by atoms with Crippen molar-refractivity contribution in [3.8, 4) is 22.9 Å². The lowest BCUT2D eigenvalue weighted by Crippen LogP contribution is -2.04. The fourth-order valence-corrected chi connectivity index (χ4v) is 8.67. The van der Waals surface area contributed by atoms with Crippen LogP contribution >= 0.6 is 0 Å². The van der Waals surface area contributed by atoms with Gasteiger partial charge in [-0.25, -0.2) is 9.97 Å². The first-order valence-electron chi connectivity index (χ1n) is 17.9. The Morgan fingerprint density at radius 1 is 0.396 bits per heavy atom. The summed E-state index contributed by atoms with van der Waals surface area (Å²) >= 11 is 0. The number of fused-ring (bicyclic) bond motifs is 14. The molecular weight excluding hydrogens is 649 g/mol. The van der Waals surface area contributed by atoms with Gasteiger partial charge in [0.25, 0.3) is 0 Å². The molecule has 8 aromatic carbocycles. The highest BCUT2D eigenvalue weighted by Crippen LogP contribution is 2.45. The van der Waals surface area contributed by atoms with Crippen LogP contribution in [-0.2, 0) is 0 Å². The lowest BCUT2D eigenvalue weighted by atomic mass is 10.0. The smallest absolute Gasteiger partial charge is 0.235 e. The Kier molecular flexibility index (Phi) is 5.71. The van der Waals surface area contributed by atoms with Gasteiger partial charge in [-0.15, -0.1) is 0 Å². The van der Waals surface area contributed by atoms with Crippen molar-refractivity contribution in [2.45, 2.75) is 0 Å². The van der Waals surface area contributed by atoms with Gasteiger partial charge in [-0.2, -0.15) is 0 Å². The summed E-state index contributed by atoms with van der Waals surface area (Å²) in [4.78, 5) is 11.0. The van der Waals surface area contributed by atoms with Gasteiger partial charge < -0.3 is 8.98 Å². The van der Waals surface area contributed by atoms with Crippen LogP contribution < -0.4 is 0 Å². The van der Waals surface area contributed by atoms with Crippen molar-refractivity contribution in [1.82, 2.24) is 19.1 Å². The van der Waals surface area contributed by atoms with Gasteiger partial charge in [0.05, 0.1) is 38.7 Å². The Bertz CT molecular complexity index is 3450. The molecule has 0 bridgehead atoms. The molecule has 0 amide bonds. The Balaban J connectivity index is 1.34. The molecule has 12 rings (SSSR count). The van der Waals surface area contributed by atoms with Crippen LogP contribution in [0.2, 0.25) is 0 Å². The first kappa shape index (κ1) is 28.5. The maximum atomic E-state index is 6.54. The zero-order valence-electron chi connectivity index (χ0n) is 28.4. The molecule has 0 aliphatic heterocycles. The van der Waals surface area contributed by atoms with Crippen LogP contribution in [0.1, 0.15) is 0 Å². The minimum absolute atomic E-state index is 0.618. The van der Waals surface area contributed by atoms with Crippen molar-refractivity contribution < 1.29 is 4.42 Å². The maximum Gasteiger partial charge on any atom is 0.235 e. The first-order chi connectivity index (χ1) is 26.3. The van der Waals surface area contributed by atoms with E-state index in [1.54, 1.807) is 0 Å². The third-order valence-corrected chi connectivity index (χ3v) is 10.9. The number of rotatable bonds is 3. The predicted octanol–water partition coefficient (Wildman–Crippen LogP) is 12.5. The van der Waals surface area contributed by atoms with E-state index in [1.165, 1.54) is 10.8 Å². The Morgan fingerprint density at radius 2 is 1.08 bits per heavy atom. The Hall–Kier alpha value is -7.24. The lowest BCUT2D eigenvalue weighted by Gasteiger charge is -2.13. The van der Waals surface area contributed by atoms with Crippen LogP contribution in [0.5, 0.6) is 0 Å². The number of nitrogens with zero attached hydrogens (tertiary/aromatic N) is 4. The quantitative estimate of drug-likeness (QED) is 0.175. The van der Waals surface area contributed by atoms with Gasteiger partial charge >= 0.3 is 0 Å². The molecule has 0 fully saturated rings. The highest BCUT2D eigenvalue weighted by molar-refractivity contribution is 6.31. The second kappa shape index (κ2) is 10.6. The van der Waals surface area contributed by atoms with Gasteiger partial charge in [0.2, 0.25) is 5.95 Å². The summed E-state index contributed by atoms with van der Waals surface area (Å²) in [6, 6.07) is 59.9. The van der Waals surface area contributed by atoms with Crippen molar-refractivity contribution in [3.63, 3.8) is 0 Å². The zero-order chi connectivity index (χ0) is 34.6. The van der Waals surface area contributed by atoms with Gasteiger partial charge in [0.15, 0.2) is 0 Å². The highest BCUT2D eigenvalue weighted by Gasteiger charge is 2.25. The molecule has 12 aromatic rings. The van der Waals surface area contributed by atoms with E-state index in [4.69, 9.17) is 14.4 Å². The maximum absolute atomic E-state index is 6.54. The average molecular weight is 677 g/mol. The molecule has 5 heteroatoms. The van der Waals surface area contributed by atoms with Crippen LogP contribution in [0.15, 0.2) is 174 Å². The monoisotopic (exact) mass is 676 g/mol. The van der Waals surface area contributed by atoms with Gasteiger partial charge in [0, 0.05) is 49.0 Å². The normalized spacial score (nSPS) is 12.2. The lowest BCUT2D eigenvalue weighted by molar-refractivity contribution is 0.669. The third-order valence-electron chi connectivity index (χ3n) is 10.9. The topological polar surface area (TPSA) is 48.8 Å². The molecule has 4 aromatic heterocycles. The van der Waals surface area contributed by atoms with Crippen LogP contribution in [0.25, 0.3) is 110 Å². The largest absolute Gasteiger partial charge is 0.456 e. The molecule has 0 saturated carbocycles. The molecule has 53 heavy (non-hydrogen) atoms. The van der Waals surface area contributed by atoms with E-state index in [1.807, 2.05) is 18.2 Å². The third kappa shape index (κ3) is 3.91. The van der Waals surface area contributed by atoms with Gasteiger partial charge in [0.1, 0.15) is 11.2 Å². The van der Waals surface area contributed by atoms with Crippen LogP contribution in [-0.4, -0.2) is 19.1 Å². The van der Waals surface area contributed by atoms with Crippen LogP contribution in [0, 0.1) is 0 Å². The summed E-state index contributed by atoms with van der Waals surface area (Å²) in [5.41, 5.74) is 10.0. The Morgan fingerprint density at radius 3 is 1.94 bits per heavy atom. The number of hydrogen-bond acceptors (Lipinski definition) is 3. The molecule has 0 N–H and O–H groups in total. The van der Waals surface area contributed by atoms with Gasteiger partial charge in [-0.05, 0) is 53.9 Å². The first-order valence-corrected chi connectivity index (χ1v) is 17.9. The van der Waals surface area contributed by atoms with Crippen LogP contribution in [0.3, 0.4) is 0 Å². The summed E-state index contributed by atoms with van der Waals surface area (Å²) in [6.07, 6.45) is 0. The van der Waals surface area contributed by atoms with E-state index in [0.717, 1.165) is 93.4 Å². The summed E-state index contributed by atoms with van der Waals surface area (Å²) in [6.45, 7) is 0. The minimum Gasteiger partial charge on any atom is -0.456 e. The molecule has 0 unspecified atom stereocenters. The molecule has 0 saturated heterocycles. The van der Waals surface area contributed by atoms with E-state index < -0.39 is 0 Å². The highest BCUT2D eigenvalue weighted by atomic mass is 16.3. The molecule has 4 heterocycles. The fourth-order valence-electron chi connectivity index (χ4n) is 8.67. The SMILES string of the molecule is c1ccc(-c2nc(-n3c4ccc5c6ccccc6n(-c6ccccc6)c5c4c4ccc5oc6ccccc6c5c43)nc3c2ccc2ccccc23)cc1. The second-order valence-corrected chi connectivity index (χ2v) is 13.7. The van der Waals surface area contributed by atoms with Crippen molar-refractivity contribution >= 4 is 87.2 Å². The summed E-state index contributed by atoms with van der Waals surface area (Å²) in [5, 5.41) is 10.0. The number of benzene rings is 8. The molecule has 0 spiro atoms. The predicted molar refractivity (Wildman–Crippen MR) is 218 cm³/mol. The van der Waals surface area contributed by atoms with Crippen LogP contribution in [0.4, 0.5) is 0 Å². The molecule has 0 aliphatic carbocycles. The van der Waals surface area contributed by atoms with Gasteiger partial charge in [-0.3, -0.25) is 4.57 Å². The van der Waals surface area contributed by atoms with E-state index in [9.17, 15) is 0 Å². The standard InChI is InChI=1S/C48H28N4O/c1-3-14-30(15-4-1)44-37-24-23-29-13-7-8-18-32(29)45(37)50-48(49-44)52-39-27-25-34-33-19-9-11-21-38(33)51(31-16-5-2-6-17-31)46(34)42(39)36-26-28-41-43(47(36)52)35-20-10-12-22-40(35)53-41/h1-28H. The van der Waals surface area contributed by atoms with E-state index >= 15 is 0 Å². The Labute approximate surface area is 302 Å². The zero-order valence-corrected chi connectivity index (χ0v) is 28.4. The second-order valence-electron chi connectivity index (χ2n) is 13.7. The molecule has 0 aliphatic rings. The van der Waals surface area contributed by atoms with Crippen molar-refractivity contribution in [1.29, 1.82) is 0 Å². The summed E-state index contributed by atoms with van der Waals surface area (Å²) < 4.78 is 11.2. The van der Waals surface area contributed by atoms with E-state index in [2.05, 4.69) is 161 Å². The number of furan rings is 1. The number of hydrogen-bond donors (Lipinski definition) is 0. The van der Waals surface area contributed by atoms with Crippen molar-refractivity contribution in [3.05, 3.63) is 170 Å². The molecular formula is C48H28N4O.